The van der Waals surface area contributed by atoms with Crippen LogP contribution in [0.3, 0.4) is 0 Å². The van der Waals surface area contributed by atoms with E-state index in [1.165, 1.54) is 0 Å². The van der Waals surface area contributed by atoms with Crippen molar-refractivity contribution in [3.05, 3.63) is 71.1 Å². The highest BCUT2D eigenvalue weighted by Crippen LogP contribution is 2.26. The number of nitrogens with one attached hydrogen (secondary N) is 3. The fraction of sp³-hybridized carbons (Fsp3) is 0.541. The standard InChI is InChI=1S/C37H54F3N5O6/c1-4-16-45(6-3)31-13-14-33(32(26-31)36(47)43-30(27-41)12-15-34(42)37(38,39)40)44-35(46)29-11-7-9-28(25-29)10-8-18-49-20-22-51-24-23-50-21-19-48-17-5-2/h7,9,11,13-14,25-27,42H,4-6,8,10,12,15-24,41H2,1-3H3,(H,43,47)(H,44,46)/b30-27+,42-34?. The number of allylic oxidation sites excluding steroid dienone is 1. The SMILES string of the molecule is CCCOCCOCCOCCOCCCc1cccc(C(=O)Nc2ccc(N(CC)CCC)cc2C(=O)N/C(=C/N)CCC(=N)C(F)(F)F)c1. The third-order valence-electron chi connectivity index (χ3n) is 7.61. The summed E-state index contributed by atoms with van der Waals surface area (Å²) < 4.78 is 60.5. The van der Waals surface area contributed by atoms with E-state index in [9.17, 15) is 22.8 Å². The monoisotopic (exact) mass is 721 g/mol. The third-order valence-corrected chi connectivity index (χ3v) is 7.61. The molecule has 0 atom stereocenters. The van der Waals surface area contributed by atoms with Gasteiger partial charge in [0, 0.05) is 49.5 Å². The smallest absolute Gasteiger partial charge is 0.403 e. The molecule has 0 aromatic heterocycles. The Morgan fingerprint density at radius 1 is 0.843 bits per heavy atom. The van der Waals surface area contributed by atoms with Gasteiger partial charge in [-0.1, -0.05) is 26.0 Å². The summed E-state index contributed by atoms with van der Waals surface area (Å²) in [6, 6.07) is 12.2. The second-order valence-corrected chi connectivity index (χ2v) is 11.6. The van der Waals surface area contributed by atoms with E-state index in [0.29, 0.717) is 64.8 Å². The molecule has 0 aliphatic carbocycles. The number of amides is 2. The quantitative estimate of drug-likeness (QED) is 0.0638. The first-order valence-corrected chi connectivity index (χ1v) is 17.5. The van der Waals surface area contributed by atoms with E-state index in [1.54, 1.807) is 36.4 Å². The average molecular weight is 722 g/mol. The molecule has 0 heterocycles. The van der Waals surface area contributed by atoms with Gasteiger partial charge in [-0.15, -0.1) is 0 Å². The van der Waals surface area contributed by atoms with Crippen LogP contribution in [-0.2, 0) is 25.4 Å². The van der Waals surface area contributed by atoms with Crippen molar-refractivity contribution < 1.29 is 41.7 Å². The Hall–Kier alpha value is -3.98. The molecule has 2 rings (SSSR count). The molecule has 0 aliphatic rings. The molecule has 284 valence electrons. The highest BCUT2D eigenvalue weighted by molar-refractivity contribution is 6.09. The lowest BCUT2D eigenvalue weighted by Gasteiger charge is -2.24. The lowest BCUT2D eigenvalue weighted by atomic mass is 10.1. The number of carbonyl (C=O) groups is 2. The summed E-state index contributed by atoms with van der Waals surface area (Å²) in [4.78, 5) is 29.0. The fourth-order valence-corrected chi connectivity index (χ4v) is 4.91. The molecule has 11 nitrogen and oxygen atoms in total. The summed E-state index contributed by atoms with van der Waals surface area (Å²) in [6.07, 6.45) is -1.44. The van der Waals surface area contributed by atoms with Crippen molar-refractivity contribution in [1.82, 2.24) is 5.32 Å². The minimum absolute atomic E-state index is 0.0239. The average Bonchev–Trinajstić information content (AvgIpc) is 3.12. The number of nitrogens with two attached hydrogens (primary N) is 1. The van der Waals surface area contributed by atoms with Crippen molar-refractivity contribution in [3.8, 4) is 0 Å². The van der Waals surface area contributed by atoms with Crippen LogP contribution in [0.1, 0.15) is 79.2 Å². The highest BCUT2D eigenvalue weighted by atomic mass is 19.4. The first-order valence-electron chi connectivity index (χ1n) is 17.5. The van der Waals surface area contributed by atoms with Crippen LogP contribution < -0.4 is 21.3 Å². The molecule has 0 saturated heterocycles. The van der Waals surface area contributed by atoms with Gasteiger partial charge in [0.25, 0.3) is 11.8 Å². The predicted octanol–water partition coefficient (Wildman–Crippen LogP) is 6.48. The van der Waals surface area contributed by atoms with E-state index in [0.717, 1.165) is 49.9 Å². The Morgan fingerprint density at radius 2 is 1.49 bits per heavy atom. The van der Waals surface area contributed by atoms with Gasteiger partial charge < -0.3 is 45.6 Å². The van der Waals surface area contributed by atoms with Gasteiger partial charge >= 0.3 is 6.18 Å². The van der Waals surface area contributed by atoms with Crippen LogP contribution in [0, 0.1) is 5.41 Å². The van der Waals surface area contributed by atoms with Crippen molar-refractivity contribution in [2.45, 2.75) is 65.5 Å². The van der Waals surface area contributed by atoms with Crippen molar-refractivity contribution in [2.75, 3.05) is 76.2 Å². The summed E-state index contributed by atoms with van der Waals surface area (Å²) in [5, 5.41) is 12.6. The number of halogens is 3. The van der Waals surface area contributed by atoms with E-state index in [2.05, 4.69) is 22.5 Å². The minimum Gasteiger partial charge on any atom is -0.403 e. The van der Waals surface area contributed by atoms with E-state index < -0.39 is 30.1 Å². The molecule has 2 amide bonds. The number of hydrogen-bond donors (Lipinski definition) is 4. The largest absolute Gasteiger partial charge is 0.428 e. The van der Waals surface area contributed by atoms with Gasteiger partial charge in [0.1, 0.15) is 5.71 Å². The predicted molar refractivity (Wildman–Crippen MR) is 194 cm³/mol. The second kappa shape index (κ2) is 24.2. The van der Waals surface area contributed by atoms with Crippen molar-refractivity contribution in [1.29, 1.82) is 5.41 Å². The molecule has 51 heavy (non-hydrogen) atoms. The van der Waals surface area contributed by atoms with Crippen molar-refractivity contribution in [3.63, 3.8) is 0 Å². The Morgan fingerprint density at radius 3 is 2.08 bits per heavy atom. The molecule has 5 N–H and O–H groups in total. The maximum atomic E-state index is 13.5. The maximum Gasteiger partial charge on any atom is 0.428 e. The second-order valence-electron chi connectivity index (χ2n) is 11.6. The van der Waals surface area contributed by atoms with E-state index in [4.69, 9.17) is 30.1 Å². The number of rotatable bonds is 26. The van der Waals surface area contributed by atoms with E-state index in [-0.39, 0.29) is 23.4 Å². The number of alkyl halides is 3. The van der Waals surface area contributed by atoms with Gasteiger partial charge in [0.05, 0.1) is 50.9 Å². The number of hydrogen-bond acceptors (Lipinski definition) is 9. The number of benzene rings is 2. The first kappa shape index (κ1) is 43.2. The Bertz CT molecular complexity index is 1390. The molecule has 0 saturated carbocycles. The summed E-state index contributed by atoms with van der Waals surface area (Å²) in [5.41, 5.74) is 6.63. The Labute approximate surface area is 299 Å². The van der Waals surface area contributed by atoms with Crippen LogP contribution >= 0.6 is 0 Å². The third kappa shape index (κ3) is 16.7. The van der Waals surface area contributed by atoms with Gasteiger partial charge in [-0.25, -0.2) is 0 Å². The lowest BCUT2D eigenvalue weighted by Crippen LogP contribution is -2.28. The number of aryl methyl sites for hydroxylation is 1. The zero-order chi connectivity index (χ0) is 37.5. The molecule has 0 radical (unpaired) electrons. The number of nitrogens with zero attached hydrogens (tertiary/aromatic N) is 1. The lowest BCUT2D eigenvalue weighted by molar-refractivity contribution is -0.0612. The van der Waals surface area contributed by atoms with Crippen LogP contribution in [0.2, 0.25) is 0 Å². The summed E-state index contributed by atoms with van der Waals surface area (Å²) in [5.74, 6) is -1.09. The molecule has 0 fully saturated rings. The molecule has 2 aromatic rings. The van der Waals surface area contributed by atoms with Crippen LogP contribution in [0.25, 0.3) is 0 Å². The van der Waals surface area contributed by atoms with Gasteiger partial charge in [0.15, 0.2) is 0 Å². The van der Waals surface area contributed by atoms with Gasteiger partial charge in [-0.3, -0.25) is 9.59 Å². The van der Waals surface area contributed by atoms with Crippen molar-refractivity contribution >= 4 is 28.9 Å². The normalized spacial score (nSPS) is 11.8. The molecule has 0 unspecified atom stereocenters. The summed E-state index contributed by atoms with van der Waals surface area (Å²) >= 11 is 0. The molecule has 0 spiro atoms. The molecular weight excluding hydrogens is 667 g/mol. The summed E-state index contributed by atoms with van der Waals surface area (Å²) in [6.45, 7) is 11.8. The first-order chi connectivity index (χ1) is 24.5. The van der Waals surface area contributed by atoms with Gasteiger partial charge in [0.2, 0.25) is 0 Å². The molecule has 0 bridgehead atoms. The number of carbonyl (C=O) groups excluding carboxylic acids is 2. The van der Waals surface area contributed by atoms with Gasteiger partial charge in [-0.2, -0.15) is 13.2 Å². The number of anilines is 2. The number of ether oxygens (including phenoxy) is 4. The topological polar surface area (TPSA) is 148 Å². The molecule has 14 heteroatoms. The minimum atomic E-state index is -4.77. The van der Waals surface area contributed by atoms with Crippen LogP contribution in [0.5, 0.6) is 0 Å². The van der Waals surface area contributed by atoms with Crippen LogP contribution in [0.15, 0.2) is 54.4 Å². The Kier molecular flexibility index (Phi) is 20.5. The van der Waals surface area contributed by atoms with Gasteiger partial charge in [-0.05, 0) is 81.3 Å². The fourth-order valence-electron chi connectivity index (χ4n) is 4.91. The van der Waals surface area contributed by atoms with Crippen LogP contribution in [-0.4, -0.2) is 89.6 Å². The zero-order valence-corrected chi connectivity index (χ0v) is 30.0. The molecule has 0 aliphatic heterocycles. The van der Waals surface area contributed by atoms with E-state index >= 15 is 0 Å². The van der Waals surface area contributed by atoms with E-state index in [1.807, 2.05) is 19.9 Å². The summed E-state index contributed by atoms with van der Waals surface area (Å²) in [7, 11) is 0. The van der Waals surface area contributed by atoms with Crippen molar-refractivity contribution in [2.24, 2.45) is 5.73 Å². The zero-order valence-electron chi connectivity index (χ0n) is 30.0. The highest BCUT2D eigenvalue weighted by Gasteiger charge is 2.33. The Balaban J connectivity index is 1.98. The molecule has 2 aromatic carbocycles. The maximum absolute atomic E-state index is 13.5. The molecular formula is C37H54F3N5O6. The van der Waals surface area contributed by atoms with Crippen LogP contribution in [0.4, 0.5) is 24.5 Å².